The lowest BCUT2D eigenvalue weighted by Crippen LogP contribution is -2.27. The third-order valence-electron chi connectivity index (χ3n) is 5.30. The highest BCUT2D eigenvalue weighted by molar-refractivity contribution is 7.20. The van der Waals surface area contributed by atoms with Crippen LogP contribution in [0.15, 0.2) is 42.6 Å². The van der Waals surface area contributed by atoms with Gasteiger partial charge in [0, 0.05) is 44.2 Å². The fourth-order valence-electron chi connectivity index (χ4n) is 3.93. The molecule has 1 saturated heterocycles. The summed E-state index contributed by atoms with van der Waals surface area (Å²) >= 11 is 1.46. The Kier molecular flexibility index (Phi) is 6.18. The maximum atomic E-state index is 13.2. The average Bonchev–Trinajstić information content (AvgIpc) is 3.34. The Balaban J connectivity index is 1.55. The molecule has 2 aromatic heterocycles. The Labute approximate surface area is 173 Å². The molecular weight excluding hydrogens is 389 g/mol. The molecule has 0 unspecified atom stereocenters. The molecule has 7 heteroatoms. The molecule has 5 nitrogen and oxygen atoms in total. The van der Waals surface area contributed by atoms with Gasteiger partial charge in [0.2, 0.25) is 0 Å². The second kappa shape index (κ2) is 8.98. The lowest BCUT2D eigenvalue weighted by atomic mass is 9.95. The molecule has 3 aromatic rings. The monoisotopic (exact) mass is 413 g/mol. The zero-order valence-corrected chi connectivity index (χ0v) is 17.2. The highest BCUT2D eigenvalue weighted by Crippen LogP contribution is 2.39. The van der Waals surface area contributed by atoms with Crippen LogP contribution in [0.4, 0.5) is 4.39 Å². The van der Waals surface area contributed by atoms with Crippen molar-refractivity contribution in [2.24, 2.45) is 0 Å². The number of methoxy groups -OCH3 is 1. The van der Waals surface area contributed by atoms with Crippen molar-refractivity contribution >= 4 is 27.5 Å². The van der Waals surface area contributed by atoms with Gasteiger partial charge < -0.3 is 10.1 Å². The minimum absolute atomic E-state index is 0.0583. The summed E-state index contributed by atoms with van der Waals surface area (Å²) in [4.78, 5) is 21.3. The van der Waals surface area contributed by atoms with Crippen LogP contribution in [0.5, 0.6) is 0 Å². The van der Waals surface area contributed by atoms with E-state index in [2.05, 4.69) is 21.3 Å². The van der Waals surface area contributed by atoms with Gasteiger partial charge in [0.15, 0.2) is 0 Å². The number of aromatic nitrogens is 1. The number of ether oxygens (including phenoxy) is 1. The molecular formula is C22H24FN3O2S. The molecule has 4 rings (SSSR count). The molecule has 0 spiro atoms. The first kappa shape index (κ1) is 19.9. The number of nitrogens with zero attached hydrogens (tertiary/aromatic N) is 2. The predicted molar refractivity (Wildman–Crippen MR) is 113 cm³/mol. The summed E-state index contributed by atoms with van der Waals surface area (Å²) < 4.78 is 18.2. The van der Waals surface area contributed by atoms with Crippen molar-refractivity contribution in [3.8, 4) is 0 Å². The Morgan fingerprint density at radius 1 is 1.34 bits per heavy atom. The molecule has 1 amide bonds. The Hall–Kier alpha value is -2.35. The molecule has 1 atom stereocenters. The van der Waals surface area contributed by atoms with Crippen molar-refractivity contribution in [3.05, 3.63) is 64.4 Å². The minimum Gasteiger partial charge on any atom is -0.383 e. The summed E-state index contributed by atoms with van der Waals surface area (Å²) in [5.74, 6) is 0.00280. The zero-order chi connectivity index (χ0) is 20.2. The fourth-order valence-corrected chi connectivity index (χ4v) is 5.08. The molecule has 1 fully saturated rings. The van der Waals surface area contributed by atoms with Gasteiger partial charge in [-0.1, -0.05) is 18.2 Å². The van der Waals surface area contributed by atoms with Crippen LogP contribution >= 0.6 is 11.3 Å². The van der Waals surface area contributed by atoms with E-state index in [0.29, 0.717) is 13.2 Å². The number of carbonyl (C=O) groups excluding carboxylic acids is 1. The number of hydrogen-bond donors (Lipinski definition) is 1. The third kappa shape index (κ3) is 4.47. The molecule has 152 valence electrons. The summed E-state index contributed by atoms with van der Waals surface area (Å²) in [5, 5.41) is 4.02. The highest BCUT2D eigenvalue weighted by Gasteiger charge is 2.30. The summed E-state index contributed by atoms with van der Waals surface area (Å²) in [5.41, 5.74) is 2.20. The first-order valence-corrected chi connectivity index (χ1v) is 10.6. The largest absolute Gasteiger partial charge is 0.383 e. The molecule has 0 saturated carbocycles. The van der Waals surface area contributed by atoms with Crippen LogP contribution in [-0.4, -0.2) is 49.1 Å². The van der Waals surface area contributed by atoms with Crippen molar-refractivity contribution in [1.29, 1.82) is 0 Å². The smallest absolute Gasteiger partial charge is 0.261 e. The van der Waals surface area contributed by atoms with Crippen molar-refractivity contribution in [2.45, 2.75) is 18.9 Å². The number of likely N-dealkylation sites (tertiary alicyclic amines) is 1. The fraction of sp³-hybridized carbons (Fsp3) is 0.364. The first-order chi connectivity index (χ1) is 14.2. The molecule has 29 heavy (non-hydrogen) atoms. The van der Waals surface area contributed by atoms with Crippen LogP contribution in [0.1, 0.15) is 33.1 Å². The van der Waals surface area contributed by atoms with E-state index in [1.807, 2.05) is 18.2 Å². The summed E-state index contributed by atoms with van der Waals surface area (Å²) in [6.07, 6.45) is 2.75. The number of rotatable bonds is 7. The van der Waals surface area contributed by atoms with Crippen molar-refractivity contribution in [2.75, 3.05) is 33.4 Å². The highest BCUT2D eigenvalue weighted by atomic mass is 32.1. The molecule has 3 heterocycles. The topological polar surface area (TPSA) is 54.5 Å². The van der Waals surface area contributed by atoms with E-state index >= 15 is 0 Å². The summed E-state index contributed by atoms with van der Waals surface area (Å²) in [6, 6.07) is 10.7. The SMILES string of the molecule is COCCNC(=O)c1sc2ncccc2c1[C@@H]1CCN(Cc2ccc(F)cc2)C1. The van der Waals surface area contributed by atoms with E-state index in [4.69, 9.17) is 4.74 Å². The molecule has 0 aliphatic carbocycles. The third-order valence-corrected chi connectivity index (χ3v) is 6.43. The molecule has 1 N–H and O–H groups in total. The molecule has 1 aliphatic heterocycles. The van der Waals surface area contributed by atoms with Gasteiger partial charge in [-0.05, 0) is 42.3 Å². The van der Waals surface area contributed by atoms with Gasteiger partial charge in [-0.2, -0.15) is 0 Å². The van der Waals surface area contributed by atoms with E-state index in [1.165, 1.54) is 23.5 Å². The molecule has 1 aliphatic rings. The van der Waals surface area contributed by atoms with Gasteiger partial charge in [0.05, 0.1) is 11.5 Å². The number of halogens is 1. The van der Waals surface area contributed by atoms with Crippen LogP contribution in [0, 0.1) is 5.82 Å². The number of nitrogens with one attached hydrogen (secondary N) is 1. The van der Waals surface area contributed by atoms with Gasteiger partial charge in [-0.3, -0.25) is 9.69 Å². The number of benzene rings is 1. The quantitative estimate of drug-likeness (QED) is 0.599. The zero-order valence-electron chi connectivity index (χ0n) is 16.4. The number of amides is 1. The van der Waals surface area contributed by atoms with Crippen molar-refractivity contribution < 1.29 is 13.9 Å². The summed E-state index contributed by atoms with van der Waals surface area (Å²) in [7, 11) is 1.62. The first-order valence-electron chi connectivity index (χ1n) is 9.77. The van der Waals surface area contributed by atoms with Gasteiger partial charge in [-0.15, -0.1) is 11.3 Å². The maximum absolute atomic E-state index is 13.2. The lowest BCUT2D eigenvalue weighted by molar-refractivity contribution is 0.0940. The van der Waals surface area contributed by atoms with Crippen molar-refractivity contribution in [3.63, 3.8) is 0 Å². The Morgan fingerprint density at radius 2 is 2.17 bits per heavy atom. The van der Waals surface area contributed by atoms with E-state index < -0.39 is 0 Å². The van der Waals surface area contributed by atoms with E-state index in [0.717, 1.165) is 52.3 Å². The lowest BCUT2D eigenvalue weighted by Gasteiger charge is -2.17. The summed E-state index contributed by atoms with van der Waals surface area (Å²) in [6.45, 7) is 3.57. The van der Waals surface area contributed by atoms with E-state index in [1.54, 1.807) is 13.3 Å². The molecule has 0 bridgehead atoms. The standard InChI is InChI=1S/C22H24FN3O2S/c1-28-12-10-24-21(27)20-19(18-3-2-9-25-22(18)29-20)16-8-11-26(14-16)13-15-4-6-17(23)7-5-15/h2-7,9,16H,8,10-14H2,1H3,(H,24,27)/t16-/m1/s1. The van der Waals surface area contributed by atoms with Crippen molar-refractivity contribution in [1.82, 2.24) is 15.2 Å². The number of fused-ring (bicyclic) bond motifs is 1. The normalized spacial score (nSPS) is 17.1. The number of thiophene rings is 1. The Morgan fingerprint density at radius 3 is 2.97 bits per heavy atom. The van der Waals surface area contributed by atoms with E-state index in [-0.39, 0.29) is 17.6 Å². The van der Waals surface area contributed by atoms with E-state index in [9.17, 15) is 9.18 Å². The second-order valence-corrected chi connectivity index (χ2v) is 8.30. The number of hydrogen-bond acceptors (Lipinski definition) is 5. The molecule has 0 radical (unpaired) electrons. The number of pyridine rings is 1. The predicted octanol–water partition coefficient (Wildman–Crippen LogP) is 3.80. The minimum atomic E-state index is -0.214. The maximum Gasteiger partial charge on any atom is 0.261 e. The van der Waals surface area contributed by atoms with Crippen LogP contribution in [-0.2, 0) is 11.3 Å². The van der Waals surface area contributed by atoms with Gasteiger partial charge in [0.25, 0.3) is 5.91 Å². The van der Waals surface area contributed by atoms with Crippen LogP contribution in [0.2, 0.25) is 0 Å². The van der Waals surface area contributed by atoms with Gasteiger partial charge >= 0.3 is 0 Å². The van der Waals surface area contributed by atoms with Gasteiger partial charge in [-0.25, -0.2) is 9.37 Å². The Bertz CT molecular complexity index is 989. The molecule has 1 aromatic carbocycles. The average molecular weight is 414 g/mol. The van der Waals surface area contributed by atoms with Crippen LogP contribution in [0.3, 0.4) is 0 Å². The van der Waals surface area contributed by atoms with Crippen LogP contribution < -0.4 is 5.32 Å². The number of carbonyl (C=O) groups is 1. The second-order valence-electron chi connectivity index (χ2n) is 7.30. The van der Waals surface area contributed by atoms with Gasteiger partial charge in [0.1, 0.15) is 10.6 Å². The van der Waals surface area contributed by atoms with Crippen LogP contribution in [0.25, 0.3) is 10.2 Å².